The number of nitrogens with one attached hydrogen (secondary N) is 1. The monoisotopic (exact) mass is 293 g/mol. The van der Waals surface area contributed by atoms with Gasteiger partial charge >= 0.3 is 0 Å². The first kappa shape index (κ1) is 13.9. The number of thiazole rings is 1. The van der Waals surface area contributed by atoms with Crippen molar-refractivity contribution < 1.29 is 14.5 Å². The lowest BCUT2D eigenvalue weighted by atomic mass is 10.1. The number of methoxy groups -OCH3 is 1. The fraction of sp³-hybridized carbons (Fsp3) is 0.167. The lowest BCUT2D eigenvalue weighted by Crippen LogP contribution is -2.13. The minimum absolute atomic E-state index is 0.0922. The minimum Gasteiger partial charge on any atom is -0.496 e. The van der Waals surface area contributed by atoms with Crippen LogP contribution in [0, 0.1) is 17.0 Å². The number of nitro groups is 1. The fourth-order valence-electron chi connectivity index (χ4n) is 1.56. The first-order chi connectivity index (χ1) is 9.51. The number of nitro benzene ring substituents is 1. The van der Waals surface area contributed by atoms with Crippen LogP contribution in [0.4, 0.5) is 10.8 Å². The Balaban J connectivity index is 2.32. The molecule has 0 radical (unpaired) electrons. The van der Waals surface area contributed by atoms with Gasteiger partial charge in [0.15, 0.2) is 5.13 Å². The maximum atomic E-state index is 12.1. The van der Waals surface area contributed by atoms with Gasteiger partial charge in [-0.2, -0.15) is 0 Å². The molecule has 1 amide bonds. The second-order valence-corrected chi connectivity index (χ2v) is 5.11. The van der Waals surface area contributed by atoms with Crippen molar-refractivity contribution in [2.24, 2.45) is 0 Å². The molecule has 0 aliphatic carbocycles. The van der Waals surface area contributed by atoms with E-state index in [-0.39, 0.29) is 17.0 Å². The number of rotatable bonds is 4. The van der Waals surface area contributed by atoms with Gasteiger partial charge in [0.2, 0.25) is 0 Å². The fourth-order valence-corrected chi connectivity index (χ4v) is 2.22. The van der Waals surface area contributed by atoms with Crippen molar-refractivity contribution in [3.63, 3.8) is 0 Å². The molecule has 0 saturated carbocycles. The van der Waals surface area contributed by atoms with Gasteiger partial charge in [-0.3, -0.25) is 20.2 Å². The van der Waals surface area contributed by atoms with Gasteiger partial charge in [0.1, 0.15) is 5.75 Å². The van der Waals surface area contributed by atoms with E-state index in [0.717, 1.165) is 4.88 Å². The number of hydrogen-bond acceptors (Lipinski definition) is 6. The number of carbonyl (C=O) groups excluding carboxylic acids is 1. The average Bonchev–Trinajstić information content (AvgIpc) is 2.83. The quantitative estimate of drug-likeness (QED) is 0.690. The maximum absolute atomic E-state index is 12.1. The van der Waals surface area contributed by atoms with Gasteiger partial charge < -0.3 is 4.74 Å². The number of ether oxygens (including phenoxy) is 1. The molecule has 20 heavy (non-hydrogen) atoms. The third-order valence-electron chi connectivity index (χ3n) is 2.48. The van der Waals surface area contributed by atoms with Crippen LogP contribution in [-0.4, -0.2) is 22.9 Å². The van der Waals surface area contributed by atoms with Crippen LogP contribution in [-0.2, 0) is 0 Å². The normalized spacial score (nSPS) is 10.1. The van der Waals surface area contributed by atoms with E-state index >= 15 is 0 Å². The van der Waals surface area contributed by atoms with Crippen LogP contribution in [0.2, 0.25) is 0 Å². The summed E-state index contributed by atoms with van der Waals surface area (Å²) in [5.41, 5.74) is -0.0826. The summed E-state index contributed by atoms with van der Waals surface area (Å²) < 4.78 is 5.04. The molecule has 0 spiro atoms. The molecule has 1 aromatic carbocycles. The Labute approximate surface area is 118 Å². The minimum atomic E-state index is -0.566. The summed E-state index contributed by atoms with van der Waals surface area (Å²) in [6.07, 6.45) is 1.63. The highest BCUT2D eigenvalue weighted by atomic mass is 32.1. The van der Waals surface area contributed by atoms with Crippen molar-refractivity contribution in [3.8, 4) is 5.75 Å². The van der Waals surface area contributed by atoms with Gasteiger partial charge in [0.25, 0.3) is 11.6 Å². The Kier molecular flexibility index (Phi) is 3.94. The molecule has 0 unspecified atom stereocenters. The number of aromatic nitrogens is 1. The Morgan fingerprint density at radius 3 is 2.80 bits per heavy atom. The molecule has 2 aromatic rings. The number of amides is 1. The number of benzene rings is 1. The molecule has 0 aliphatic heterocycles. The SMILES string of the molecule is COc1ccc([N+](=O)[O-])cc1C(=O)Nc1ncc(C)s1. The molecule has 0 bridgehead atoms. The first-order valence-corrected chi connectivity index (χ1v) is 6.39. The van der Waals surface area contributed by atoms with E-state index in [1.54, 1.807) is 6.20 Å². The number of hydrogen-bond donors (Lipinski definition) is 1. The number of carbonyl (C=O) groups is 1. The van der Waals surface area contributed by atoms with Gasteiger partial charge in [-0.25, -0.2) is 4.98 Å². The molecule has 0 aliphatic rings. The lowest BCUT2D eigenvalue weighted by Gasteiger charge is -2.07. The zero-order valence-electron chi connectivity index (χ0n) is 10.7. The van der Waals surface area contributed by atoms with E-state index in [4.69, 9.17) is 4.74 Å². The number of anilines is 1. The summed E-state index contributed by atoms with van der Waals surface area (Å²) in [5, 5.41) is 13.8. The van der Waals surface area contributed by atoms with Crippen molar-refractivity contribution in [2.45, 2.75) is 6.92 Å². The summed E-state index contributed by atoms with van der Waals surface area (Å²) >= 11 is 1.32. The number of nitrogens with zero attached hydrogens (tertiary/aromatic N) is 2. The van der Waals surface area contributed by atoms with E-state index < -0.39 is 10.8 Å². The largest absolute Gasteiger partial charge is 0.496 e. The van der Waals surface area contributed by atoms with Crippen LogP contribution in [0.25, 0.3) is 0 Å². The van der Waals surface area contributed by atoms with E-state index in [1.165, 1.54) is 36.6 Å². The Morgan fingerprint density at radius 1 is 1.50 bits per heavy atom. The van der Waals surface area contributed by atoms with Crippen molar-refractivity contribution >= 4 is 28.1 Å². The zero-order chi connectivity index (χ0) is 14.7. The third-order valence-corrected chi connectivity index (χ3v) is 3.31. The molecule has 1 N–H and O–H groups in total. The van der Waals surface area contributed by atoms with E-state index in [9.17, 15) is 14.9 Å². The van der Waals surface area contributed by atoms with Gasteiger partial charge in [0, 0.05) is 23.2 Å². The topological polar surface area (TPSA) is 94.4 Å². The molecule has 8 heteroatoms. The van der Waals surface area contributed by atoms with Crippen LogP contribution in [0.5, 0.6) is 5.75 Å². The summed E-state index contributed by atoms with van der Waals surface area (Å²) in [5.74, 6) is -0.235. The zero-order valence-corrected chi connectivity index (χ0v) is 11.6. The summed E-state index contributed by atoms with van der Waals surface area (Å²) in [4.78, 5) is 27.3. The van der Waals surface area contributed by atoms with Gasteiger partial charge in [-0.1, -0.05) is 0 Å². The molecule has 104 valence electrons. The van der Waals surface area contributed by atoms with Crippen LogP contribution in [0.1, 0.15) is 15.2 Å². The molecule has 0 fully saturated rings. The van der Waals surface area contributed by atoms with Crippen LogP contribution in [0.15, 0.2) is 24.4 Å². The summed E-state index contributed by atoms with van der Waals surface area (Å²) in [7, 11) is 1.39. The Morgan fingerprint density at radius 2 is 2.25 bits per heavy atom. The smallest absolute Gasteiger partial charge is 0.270 e. The second-order valence-electron chi connectivity index (χ2n) is 3.87. The van der Waals surface area contributed by atoms with E-state index in [1.807, 2.05) is 6.92 Å². The van der Waals surface area contributed by atoms with Gasteiger partial charge in [-0.15, -0.1) is 11.3 Å². The molecule has 0 saturated heterocycles. The maximum Gasteiger partial charge on any atom is 0.270 e. The Bertz CT molecular complexity index is 668. The Hall–Kier alpha value is -2.48. The molecule has 2 rings (SSSR count). The molecule has 1 heterocycles. The highest BCUT2D eigenvalue weighted by Gasteiger charge is 2.18. The van der Waals surface area contributed by atoms with Crippen molar-refractivity contribution in [3.05, 3.63) is 45.0 Å². The predicted molar refractivity (Wildman–Crippen MR) is 74.5 cm³/mol. The van der Waals surface area contributed by atoms with Crippen LogP contribution in [0.3, 0.4) is 0 Å². The van der Waals surface area contributed by atoms with Crippen LogP contribution < -0.4 is 10.1 Å². The van der Waals surface area contributed by atoms with Crippen molar-refractivity contribution in [1.29, 1.82) is 0 Å². The van der Waals surface area contributed by atoms with Crippen LogP contribution >= 0.6 is 11.3 Å². The van der Waals surface area contributed by atoms with Gasteiger partial charge in [-0.05, 0) is 13.0 Å². The molecule has 7 nitrogen and oxygen atoms in total. The first-order valence-electron chi connectivity index (χ1n) is 5.57. The highest BCUT2D eigenvalue weighted by Crippen LogP contribution is 2.25. The predicted octanol–water partition coefficient (Wildman–Crippen LogP) is 2.62. The third kappa shape index (κ3) is 2.91. The molecular formula is C12H11N3O4S. The van der Waals surface area contributed by atoms with Gasteiger partial charge in [0.05, 0.1) is 17.6 Å². The number of aryl methyl sites for hydroxylation is 1. The number of non-ortho nitro benzene ring substituents is 1. The summed E-state index contributed by atoms with van der Waals surface area (Å²) in [6, 6.07) is 3.85. The molecular weight excluding hydrogens is 282 g/mol. The molecule has 1 aromatic heterocycles. The molecule has 0 atom stereocenters. The lowest BCUT2D eigenvalue weighted by molar-refractivity contribution is -0.384. The summed E-state index contributed by atoms with van der Waals surface area (Å²) in [6.45, 7) is 1.86. The van der Waals surface area contributed by atoms with Crippen molar-refractivity contribution in [1.82, 2.24) is 4.98 Å². The van der Waals surface area contributed by atoms with E-state index in [2.05, 4.69) is 10.3 Å². The van der Waals surface area contributed by atoms with E-state index in [0.29, 0.717) is 5.13 Å². The average molecular weight is 293 g/mol. The second kappa shape index (κ2) is 5.66. The highest BCUT2D eigenvalue weighted by molar-refractivity contribution is 7.15. The standard InChI is InChI=1S/C12H11N3O4S/c1-7-6-13-12(20-7)14-11(16)9-5-8(15(17)18)3-4-10(9)19-2/h3-6H,1-2H3,(H,13,14,16). The van der Waals surface area contributed by atoms with Crippen molar-refractivity contribution in [2.75, 3.05) is 12.4 Å².